The van der Waals surface area contributed by atoms with E-state index in [0.29, 0.717) is 6.92 Å². The highest BCUT2D eigenvalue weighted by molar-refractivity contribution is 5.00. The van der Waals surface area contributed by atoms with Crippen LogP contribution in [-0.2, 0) is 14.2 Å². The van der Waals surface area contributed by atoms with Gasteiger partial charge in [-0.25, -0.2) is 17.6 Å². The monoisotopic (exact) mass is 569 g/mol. The molecule has 214 valence electrons. The topological polar surface area (TPSA) is 30.9 Å². The number of rotatable bonds is 5. The van der Waals surface area contributed by atoms with Gasteiger partial charge in [-0.3, -0.25) is 4.90 Å². The summed E-state index contributed by atoms with van der Waals surface area (Å²) >= 11 is 0. The van der Waals surface area contributed by atoms with Crippen molar-refractivity contribution in [2.45, 2.75) is 68.1 Å². The Bertz CT molecular complexity index is 733. The SMILES string of the molecule is CC1(C(F)(F)C(F)C(F)(F)F)COCC(C(F)(F)C(F)N2CC(C(F)(F)F)OC(C(F)(F)F)C2)OC1. The van der Waals surface area contributed by atoms with Gasteiger partial charge in [0.05, 0.1) is 25.2 Å². The normalized spacial score (nSPS) is 32.2. The minimum atomic E-state index is -6.08. The third-order valence-corrected chi connectivity index (χ3v) is 5.63. The van der Waals surface area contributed by atoms with Crippen LogP contribution in [0.4, 0.5) is 65.9 Å². The zero-order chi connectivity index (χ0) is 28.1. The van der Waals surface area contributed by atoms with Gasteiger partial charge in [-0.05, 0) is 6.92 Å². The lowest BCUT2D eigenvalue weighted by atomic mass is 9.82. The lowest BCUT2D eigenvalue weighted by Gasteiger charge is -2.43. The maximum Gasteiger partial charge on any atom is 0.425 e. The maximum atomic E-state index is 14.7. The van der Waals surface area contributed by atoms with Crippen molar-refractivity contribution in [1.29, 1.82) is 0 Å². The van der Waals surface area contributed by atoms with Crippen LogP contribution in [0.5, 0.6) is 0 Å². The van der Waals surface area contributed by atoms with Gasteiger partial charge in [-0.15, -0.1) is 0 Å². The average molecular weight is 569 g/mol. The van der Waals surface area contributed by atoms with E-state index in [1.54, 1.807) is 0 Å². The molecule has 0 amide bonds. The van der Waals surface area contributed by atoms with E-state index >= 15 is 0 Å². The third kappa shape index (κ3) is 6.25. The Morgan fingerprint density at radius 3 is 1.64 bits per heavy atom. The van der Waals surface area contributed by atoms with Gasteiger partial charge < -0.3 is 14.2 Å². The molecule has 6 unspecified atom stereocenters. The van der Waals surface area contributed by atoms with Gasteiger partial charge in [0, 0.05) is 13.1 Å². The van der Waals surface area contributed by atoms with E-state index in [0.717, 1.165) is 0 Å². The summed E-state index contributed by atoms with van der Waals surface area (Å²) in [5.74, 6) is -10.3. The molecule has 2 fully saturated rings. The Balaban J connectivity index is 2.24. The van der Waals surface area contributed by atoms with Crippen molar-refractivity contribution in [3.63, 3.8) is 0 Å². The van der Waals surface area contributed by atoms with Crippen LogP contribution in [0.3, 0.4) is 0 Å². The van der Waals surface area contributed by atoms with Crippen LogP contribution < -0.4 is 0 Å². The molecule has 2 saturated heterocycles. The van der Waals surface area contributed by atoms with Gasteiger partial charge in [0.1, 0.15) is 6.10 Å². The Hall–Kier alpha value is -1.21. The summed E-state index contributed by atoms with van der Waals surface area (Å²) in [6.07, 6.45) is -35.4. The second-order valence-electron chi connectivity index (χ2n) is 8.56. The van der Waals surface area contributed by atoms with Gasteiger partial charge in [0.2, 0.25) is 6.30 Å². The van der Waals surface area contributed by atoms with Crippen LogP contribution >= 0.6 is 0 Å². The van der Waals surface area contributed by atoms with Gasteiger partial charge in [-0.2, -0.15) is 48.3 Å². The maximum absolute atomic E-state index is 14.7. The molecule has 36 heavy (non-hydrogen) atoms. The summed E-state index contributed by atoms with van der Waals surface area (Å²) < 4.78 is 214. The van der Waals surface area contributed by atoms with Crippen LogP contribution in [0.1, 0.15) is 6.92 Å². The molecule has 0 radical (unpaired) electrons. The molecule has 0 saturated carbocycles. The Kier molecular flexibility index (Phi) is 8.47. The van der Waals surface area contributed by atoms with Crippen molar-refractivity contribution in [3.05, 3.63) is 0 Å². The lowest BCUT2D eigenvalue weighted by Crippen LogP contribution is -2.63. The Morgan fingerprint density at radius 2 is 1.22 bits per heavy atom. The fraction of sp³-hybridized carbons (Fsp3) is 1.00. The summed E-state index contributed by atoms with van der Waals surface area (Å²) in [6.45, 7) is -8.11. The lowest BCUT2D eigenvalue weighted by molar-refractivity contribution is -0.322. The first-order chi connectivity index (χ1) is 15.9. The largest absolute Gasteiger partial charge is 0.425 e. The van der Waals surface area contributed by atoms with Crippen molar-refractivity contribution in [2.75, 3.05) is 32.9 Å². The van der Waals surface area contributed by atoms with E-state index in [9.17, 15) is 65.9 Å². The first-order valence-corrected chi connectivity index (χ1v) is 9.77. The molecule has 2 aliphatic rings. The molecule has 0 aromatic carbocycles. The van der Waals surface area contributed by atoms with E-state index in [-0.39, 0.29) is 0 Å². The van der Waals surface area contributed by atoms with Gasteiger partial charge in [0.15, 0.2) is 12.2 Å². The summed E-state index contributed by atoms with van der Waals surface area (Å²) in [7, 11) is 0. The number of ether oxygens (including phenoxy) is 3. The fourth-order valence-corrected chi connectivity index (χ4v) is 3.42. The number of alkyl halides is 15. The van der Waals surface area contributed by atoms with Crippen LogP contribution in [0.25, 0.3) is 0 Å². The van der Waals surface area contributed by atoms with E-state index in [1.165, 1.54) is 0 Å². The molecule has 0 aromatic rings. The van der Waals surface area contributed by atoms with Crippen molar-refractivity contribution in [2.24, 2.45) is 5.41 Å². The van der Waals surface area contributed by atoms with Crippen molar-refractivity contribution in [3.8, 4) is 0 Å². The molecule has 0 bridgehead atoms. The molecule has 0 aromatic heterocycles. The molecule has 0 aliphatic carbocycles. The minimum absolute atomic E-state index is 0.294. The second kappa shape index (κ2) is 9.83. The van der Waals surface area contributed by atoms with Crippen molar-refractivity contribution < 1.29 is 80.1 Å². The van der Waals surface area contributed by atoms with E-state index in [4.69, 9.17) is 0 Å². The number of hydrogen-bond acceptors (Lipinski definition) is 4. The van der Waals surface area contributed by atoms with E-state index in [2.05, 4.69) is 14.2 Å². The Labute approximate surface area is 192 Å². The van der Waals surface area contributed by atoms with E-state index in [1.807, 2.05) is 0 Å². The molecular formula is C17H18F15NO3. The molecule has 2 heterocycles. The zero-order valence-electron chi connectivity index (χ0n) is 17.8. The fourth-order valence-electron chi connectivity index (χ4n) is 3.42. The molecule has 4 nitrogen and oxygen atoms in total. The average Bonchev–Trinajstić information content (AvgIpc) is 2.93. The van der Waals surface area contributed by atoms with Crippen molar-refractivity contribution in [1.82, 2.24) is 4.90 Å². The van der Waals surface area contributed by atoms with Crippen LogP contribution in [0.2, 0.25) is 0 Å². The predicted molar refractivity (Wildman–Crippen MR) is 86.8 cm³/mol. The summed E-state index contributed by atoms with van der Waals surface area (Å²) in [6, 6.07) is 0. The first kappa shape index (κ1) is 31.0. The standard InChI is InChI=1S/C17H18F15NO3/c1-12(14(22,23)10(18)17(30,31)32)5-34-4-9(35-6-12)13(20,21)11(19)33-2-7(15(24,25)26)36-8(3-33)16(27,28)29/h7-11H,2-6H2,1H3. The molecule has 2 rings (SSSR count). The summed E-state index contributed by atoms with van der Waals surface area (Å²) in [5, 5.41) is 0. The smallest absolute Gasteiger partial charge is 0.378 e. The number of morpholine rings is 1. The number of hydrogen-bond donors (Lipinski definition) is 0. The highest BCUT2D eigenvalue weighted by Crippen LogP contribution is 2.48. The van der Waals surface area contributed by atoms with Crippen LogP contribution in [0.15, 0.2) is 0 Å². The van der Waals surface area contributed by atoms with E-state index < -0.39 is 104 Å². The molecule has 6 atom stereocenters. The van der Waals surface area contributed by atoms with Gasteiger partial charge in [0.25, 0.3) is 12.1 Å². The summed E-state index contributed by atoms with van der Waals surface area (Å²) in [5.41, 5.74) is -3.22. The second-order valence-corrected chi connectivity index (χ2v) is 8.56. The highest BCUT2D eigenvalue weighted by Gasteiger charge is 2.67. The number of nitrogens with zero attached hydrogens (tertiary/aromatic N) is 1. The van der Waals surface area contributed by atoms with Crippen molar-refractivity contribution >= 4 is 0 Å². The Morgan fingerprint density at radius 1 is 0.750 bits per heavy atom. The quantitative estimate of drug-likeness (QED) is 0.342. The zero-order valence-corrected chi connectivity index (χ0v) is 17.8. The molecule has 0 N–H and O–H groups in total. The highest BCUT2D eigenvalue weighted by atomic mass is 19.4. The van der Waals surface area contributed by atoms with Gasteiger partial charge >= 0.3 is 24.5 Å². The van der Waals surface area contributed by atoms with Crippen LogP contribution in [0, 0.1) is 5.41 Å². The minimum Gasteiger partial charge on any atom is -0.378 e. The van der Waals surface area contributed by atoms with Gasteiger partial charge in [-0.1, -0.05) is 0 Å². The number of halogens is 15. The molecular weight excluding hydrogens is 551 g/mol. The molecule has 2 aliphatic heterocycles. The van der Waals surface area contributed by atoms with Crippen LogP contribution in [-0.4, -0.2) is 99.0 Å². The summed E-state index contributed by atoms with van der Waals surface area (Å²) in [4.78, 5) is -0.539. The molecule has 0 spiro atoms. The molecule has 19 heteroatoms. The predicted octanol–water partition coefficient (Wildman–Crippen LogP) is 5.07. The third-order valence-electron chi connectivity index (χ3n) is 5.63. The first-order valence-electron chi connectivity index (χ1n) is 9.77.